The van der Waals surface area contributed by atoms with Gasteiger partial charge >= 0.3 is 0 Å². The van der Waals surface area contributed by atoms with E-state index in [0.717, 1.165) is 11.1 Å². The lowest BCUT2D eigenvalue weighted by Gasteiger charge is -2.11. The zero-order chi connectivity index (χ0) is 17.2. The largest absolute Gasteiger partial charge is 0.309 e. The van der Waals surface area contributed by atoms with Crippen molar-refractivity contribution >= 4 is 38.7 Å². The van der Waals surface area contributed by atoms with Crippen LogP contribution in [0.2, 0.25) is 0 Å². The summed E-state index contributed by atoms with van der Waals surface area (Å²) in [5.41, 5.74) is 1.08. The van der Waals surface area contributed by atoms with Crippen molar-refractivity contribution in [1.29, 1.82) is 0 Å². The first kappa shape index (κ1) is 15.5. The van der Waals surface area contributed by atoms with E-state index in [1.165, 1.54) is 0 Å². The fourth-order valence-electron chi connectivity index (χ4n) is 2.49. The van der Waals surface area contributed by atoms with Crippen molar-refractivity contribution in [2.24, 2.45) is 0 Å². The number of benzene rings is 1. The summed E-state index contributed by atoms with van der Waals surface area (Å²) in [6, 6.07) is 16.6. The highest BCUT2D eigenvalue weighted by molar-refractivity contribution is 9.10. The minimum atomic E-state index is -0.179. The summed E-state index contributed by atoms with van der Waals surface area (Å²) >= 11 is 3.32. The second-order valence-electron chi connectivity index (χ2n) is 5.28. The number of aromatic nitrogens is 4. The summed E-state index contributed by atoms with van der Waals surface area (Å²) < 4.78 is 2.02. The summed E-state index contributed by atoms with van der Waals surface area (Å²) in [5, 5.41) is 3.80. The monoisotopic (exact) mass is 393 g/mol. The molecule has 0 aliphatic carbocycles. The Morgan fingerprint density at radius 3 is 2.56 bits per heavy atom. The maximum atomic E-state index is 12.7. The minimum absolute atomic E-state index is 0.179. The summed E-state index contributed by atoms with van der Waals surface area (Å²) in [7, 11) is 0. The maximum Gasteiger partial charge on any atom is 0.271 e. The zero-order valence-corrected chi connectivity index (χ0v) is 14.5. The average Bonchev–Trinajstić information content (AvgIpc) is 2.65. The molecule has 3 aromatic heterocycles. The molecule has 6 nitrogen and oxygen atoms in total. The lowest BCUT2D eigenvalue weighted by atomic mass is 10.2. The first-order chi connectivity index (χ1) is 12.2. The van der Waals surface area contributed by atoms with E-state index in [-0.39, 0.29) is 5.56 Å². The number of nitrogens with zero attached hydrogens (tertiary/aromatic N) is 4. The Morgan fingerprint density at radius 2 is 1.80 bits per heavy atom. The van der Waals surface area contributed by atoms with Crippen molar-refractivity contribution < 1.29 is 0 Å². The number of rotatable bonds is 3. The zero-order valence-electron chi connectivity index (χ0n) is 12.9. The van der Waals surface area contributed by atoms with Crippen LogP contribution in [0.1, 0.15) is 0 Å². The molecule has 0 atom stereocenters. The van der Waals surface area contributed by atoms with E-state index in [4.69, 9.17) is 0 Å². The van der Waals surface area contributed by atoms with E-state index < -0.39 is 0 Å². The molecule has 0 saturated heterocycles. The van der Waals surface area contributed by atoms with Gasteiger partial charge in [-0.05, 0) is 46.3 Å². The van der Waals surface area contributed by atoms with Crippen LogP contribution in [0, 0.1) is 0 Å². The Morgan fingerprint density at radius 1 is 1.00 bits per heavy atom. The quantitative estimate of drug-likeness (QED) is 0.574. The fourth-order valence-corrected chi connectivity index (χ4v) is 2.92. The Hall–Kier alpha value is -3.06. The molecule has 0 fully saturated rings. The number of nitrogens with one attached hydrogen (secondary N) is 1. The second kappa shape index (κ2) is 6.45. The number of hydrogen-bond acceptors (Lipinski definition) is 5. The van der Waals surface area contributed by atoms with Crippen LogP contribution in [0.25, 0.3) is 16.7 Å². The molecule has 0 radical (unpaired) electrons. The van der Waals surface area contributed by atoms with E-state index in [1.807, 2.05) is 48.5 Å². The Kier molecular flexibility index (Phi) is 3.99. The van der Waals surface area contributed by atoms with Crippen molar-refractivity contribution in [3.63, 3.8) is 0 Å². The van der Waals surface area contributed by atoms with Crippen LogP contribution in [0.3, 0.4) is 0 Å². The van der Waals surface area contributed by atoms with Gasteiger partial charge in [0.2, 0.25) is 5.95 Å². The van der Waals surface area contributed by atoms with Crippen LogP contribution in [0.15, 0.2) is 76.3 Å². The van der Waals surface area contributed by atoms with Crippen LogP contribution in [0.5, 0.6) is 0 Å². The molecule has 4 aromatic rings. The van der Waals surface area contributed by atoms with Gasteiger partial charge in [-0.3, -0.25) is 9.36 Å². The third kappa shape index (κ3) is 3.01. The molecule has 4 rings (SSSR count). The van der Waals surface area contributed by atoms with Gasteiger partial charge in [-0.1, -0.05) is 24.3 Å². The van der Waals surface area contributed by atoms with Gasteiger partial charge in [0.05, 0.1) is 10.2 Å². The number of halogens is 1. The predicted octanol–water partition coefficient (Wildman–Crippen LogP) is 3.68. The first-order valence-corrected chi connectivity index (χ1v) is 8.33. The molecule has 0 amide bonds. The number of fused-ring (bicyclic) bond motifs is 1. The van der Waals surface area contributed by atoms with Gasteiger partial charge in [0.25, 0.3) is 5.56 Å². The molecular formula is C18H12BrN5O. The molecule has 3 heterocycles. The van der Waals surface area contributed by atoms with Crippen molar-refractivity contribution in [2.75, 3.05) is 5.32 Å². The molecule has 1 N–H and O–H groups in total. The summed E-state index contributed by atoms with van der Waals surface area (Å²) in [5.74, 6) is 1.00. The van der Waals surface area contributed by atoms with Crippen LogP contribution in [-0.4, -0.2) is 19.5 Å². The Labute approximate surface area is 151 Å². The molecule has 0 unspecified atom stereocenters. The van der Waals surface area contributed by atoms with Gasteiger partial charge in [-0.15, -0.1) is 0 Å². The molecule has 0 aliphatic rings. The van der Waals surface area contributed by atoms with Gasteiger partial charge in [0, 0.05) is 17.8 Å². The molecule has 122 valence electrons. The third-order valence-electron chi connectivity index (χ3n) is 3.62. The highest BCUT2D eigenvalue weighted by Gasteiger charge is 2.12. The molecule has 0 saturated carbocycles. The number of para-hydroxylation sites is 1. The molecule has 25 heavy (non-hydrogen) atoms. The number of hydrogen-bond donors (Lipinski definition) is 1. The van der Waals surface area contributed by atoms with Gasteiger partial charge in [-0.2, -0.15) is 4.98 Å². The lowest BCUT2D eigenvalue weighted by molar-refractivity contribution is 0.996. The van der Waals surface area contributed by atoms with Gasteiger partial charge < -0.3 is 5.32 Å². The summed E-state index contributed by atoms with van der Waals surface area (Å²) in [6.07, 6.45) is 3.36. The number of pyridine rings is 2. The topological polar surface area (TPSA) is 72.7 Å². The average molecular weight is 394 g/mol. The smallest absolute Gasteiger partial charge is 0.271 e. The van der Waals surface area contributed by atoms with E-state index >= 15 is 0 Å². The van der Waals surface area contributed by atoms with E-state index in [1.54, 1.807) is 23.0 Å². The van der Waals surface area contributed by atoms with Crippen LogP contribution >= 0.6 is 15.9 Å². The predicted molar refractivity (Wildman–Crippen MR) is 100 cm³/mol. The molecule has 1 aromatic carbocycles. The van der Waals surface area contributed by atoms with E-state index in [9.17, 15) is 4.79 Å². The fraction of sp³-hybridized carbons (Fsp3) is 0. The third-order valence-corrected chi connectivity index (χ3v) is 4.18. The standard InChI is InChI=1S/C18H12BrN5O/c19-14-10-12-11-21-18(22-15-8-4-5-9-20-15)23-16(12)24(17(14)25)13-6-2-1-3-7-13/h1-11H,(H,20,21,22,23). The van der Waals surface area contributed by atoms with Crippen molar-refractivity contribution in [3.05, 3.63) is 81.8 Å². The molecule has 0 spiro atoms. The molecule has 0 bridgehead atoms. The highest BCUT2D eigenvalue weighted by Crippen LogP contribution is 2.20. The van der Waals surface area contributed by atoms with E-state index in [0.29, 0.717) is 21.9 Å². The van der Waals surface area contributed by atoms with Gasteiger partial charge in [0.1, 0.15) is 5.82 Å². The van der Waals surface area contributed by atoms with Crippen LogP contribution < -0.4 is 10.9 Å². The van der Waals surface area contributed by atoms with Crippen molar-refractivity contribution in [1.82, 2.24) is 19.5 Å². The molecule has 0 aliphatic heterocycles. The second-order valence-corrected chi connectivity index (χ2v) is 6.14. The first-order valence-electron chi connectivity index (χ1n) is 7.54. The normalized spacial score (nSPS) is 10.8. The summed E-state index contributed by atoms with van der Waals surface area (Å²) in [6.45, 7) is 0. The van der Waals surface area contributed by atoms with Gasteiger partial charge in [-0.25, -0.2) is 9.97 Å². The minimum Gasteiger partial charge on any atom is -0.309 e. The Balaban J connectivity index is 1.91. The molecular weight excluding hydrogens is 382 g/mol. The van der Waals surface area contributed by atoms with Gasteiger partial charge in [0.15, 0.2) is 5.65 Å². The van der Waals surface area contributed by atoms with Crippen molar-refractivity contribution in [2.45, 2.75) is 0 Å². The Bertz CT molecular complexity index is 1100. The SMILES string of the molecule is O=c1c(Br)cc2cnc(Nc3ccccn3)nc2n1-c1ccccc1. The lowest BCUT2D eigenvalue weighted by Crippen LogP contribution is -2.20. The molecule has 7 heteroatoms. The summed E-state index contributed by atoms with van der Waals surface area (Å²) in [4.78, 5) is 25.7. The number of anilines is 2. The maximum absolute atomic E-state index is 12.7. The van der Waals surface area contributed by atoms with E-state index in [2.05, 4.69) is 36.2 Å². The van der Waals surface area contributed by atoms with Crippen LogP contribution in [0.4, 0.5) is 11.8 Å². The highest BCUT2D eigenvalue weighted by atomic mass is 79.9. The van der Waals surface area contributed by atoms with Crippen LogP contribution in [-0.2, 0) is 0 Å². The van der Waals surface area contributed by atoms with Crippen molar-refractivity contribution in [3.8, 4) is 5.69 Å².